The normalized spacial score (nSPS) is 13.9. The summed E-state index contributed by atoms with van der Waals surface area (Å²) in [5.74, 6) is 0.405. The molecule has 0 spiro atoms. The molecule has 0 radical (unpaired) electrons. The van der Waals surface area contributed by atoms with Crippen molar-refractivity contribution < 1.29 is 65.8 Å². The van der Waals surface area contributed by atoms with E-state index in [2.05, 4.69) is 20.9 Å². The number of allylic oxidation sites excluding steroid dienone is 1. The largest absolute Gasteiger partial charge is 0.416 e. The molecule has 2 aliphatic rings. The first-order valence-corrected chi connectivity index (χ1v) is 25.7. The summed E-state index contributed by atoms with van der Waals surface area (Å²) >= 11 is 1.59. The molecule has 0 aliphatic carbocycles. The Kier molecular flexibility index (Phi) is 27.2. The van der Waals surface area contributed by atoms with Crippen LogP contribution in [0.3, 0.4) is 0 Å². The molecule has 3 aromatic rings. The third-order valence-electron chi connectivity index (χ3n) is 11.2. The molecule has 3 amide bonds. The number of amides is 3. The summed E-state index contributed by atoms with van der Waals surface area (Å²) in [6.45, 7) is 8.49. The molecule has 4 N–H and O–H groups in total. The SMILES string of the molecule is O=C(CCSCc1cccc(C(=O)Nc2ccc(N3CCCCC3)cc2C2=NCCC(C(=O)NCc3cccc(C(F)(F)F)c3)=C2)c1)NCCOCCOCCOCCOCCOCCOCCOCCO. The van der Waals surface area contributed by atoms with Crippen LogP contribution < -0.4 is 20.9 Å². The van der Waals surface area contributed by atoms with Crippen LogP contribution in [0.1, 0.15) is 64.7 Å². The Labute approximate surface area is 424 Å². The van der Waals surface area contributed by atoms with Gasteiger partial charge >= 0.3 is 6.18 Å². The predicted molar refractivity (Wildman–Crippen MR) is 271 cm³/mol. The van der Waals surface area contributed by atoms with Gasteiger partial charge < -0.3 is 59.1 Å². The summed E-state index contributed by atoms with van der Waals surface area (Å²) in [6.07, 6.45) is 1.20. The van der Waals surface area contributed by atoms with Gasteiger partial charge in [0, 0.05) is 73.0 Å². The van der Waals surface area contributed by atoms with Gasteiger partial charge in [0.1, 0.15) is 0 Å². The molecule has 5 rings (SSSR count). The minimum atomic E-state index is -4.49. The van der Waals surface area contributed by atoms with Crippen molar-refractivity contribution in [3.63, 3.8) is 0 Å². The molecule has 0 atom stereocenters. The fraction of sp³-hybridized carbons (Fsp3) is 0.538. The van der Waals surface area contributed by atoms with E-state index in [9.17, 15) is 27.6 Å². The van der Waals surface area contributed by atoms with Crippen molar-refractivity contribution in [3.8, 4) is 0 Å². The Bertz CT molecular complexity index is 2160. The first kappa shape index (κ1) is 58.0. The fourth-order valence-electron chi connectivity index (χ4n) is 7.47. The van der Waals surface area contributed by atoms with Gasteiger partial charge in [-0.1, -0.05) is 24.3 Å². The van der Waals surface area contributed by atoms with E-state index < -0.39 is 17.6 Å². The second-order valence-electron chi connectivity index (χ2n) is 16.7. The number of dihydropyridines is 1. The van der Waals surface area contributed by atoms with Gasteiger partial charge in [-0.2, -0.15) is 24.9 Å². The van der Waals surface area contributed by atoms with Gasteiger partial charge in [-0.05, 0) is 85.4 Å². The molecule has 16 nitrogen and oxygen atoms in total. The topological polar surface area (TPSA) is 188 Å². The molecule has 0 unspecified atom stereocenters. The number of halogens is 3. The van der Waals surface area contributed by atoms with E-state index in [1.165, 1.54) is 12.1 Å². The van der Waals surface area contributed by atoms with Crippen molar-refractivity contribution in [2.45, 2.75) is 50.6 Å². The quantitative estimate of drug-likeness (QED) is 0.0487. The lowest BCUT2D eigenvalue weighted by Gasteiger charge is -2.29. The highest BCUT2D eigenvalue weighted by Crippen LogP contribution is 2.31. The number of aliphatic hydroxyl groups is 1. The average Bonchev–Trinajstić information content (AvgIpc) is 3.39. The third-order valence-corrected chi connectivity index (χ3v) is 12.2. The minimum absolute atomic E-state index is 0.00308. The maximum atomic E-state index is 13.8. The Morgan fingerprint density at radius 3 is 1.93 bits per heavy atom. The highest BCUT2D eigenvalue weighted by Gasteiger charge is 2.30. The number of alkyl halides is 3. The molecule has 0 aromatic heterocycles. The number of hydrogen-bond donors (Lipinski definition) is 4. The lowest BCUT2D eigenvalue weighted by Crippen LogP contribution is -2.30. The van der Waals surface area contributed by atoms with Crippen molar-refractivity contribution in [1.29, 1.82) is 0 Å². The fourth-order valence-corrected chi connectivity index (χ4v) is 8.36. The lowest BCUT2D eigenvalue weighted by atomic mass is 9.98. The Morgan fingerprint density at radius 2 is 1.29 bits per heavy atom. The highest BCUT2D eigenvalue weighted by atomic mass is 32.2. The number of aliphatic imine (C=N–C) groups is 1. The first-order valence-electron chi connectivity index (χ1n) is 24.6. The van der Waals surface area contributed by atoms with Gasteiger partial charge in [-0.25, -0.2) is 0 Å². The third kappa shape index (κ3) is 22.5. The zero-order valence-corrected chi connectivity index (χ0v) is 41.8. The smallest absolute Gasteiger partial charge is 0.394 e. The van der Waals surface area contributed by atoms with Crippen LogP contribution in [0.2, 0.25) is 0 Å². The molecule has 20 heteroatoms. The summed E-state index contributed by atoms with van der Waals surface area (Å²) in [4.78, 5) is 46.7. The number of nitrogens with one attached hydrogen (secondary N) is 3. The number of aliphatic hydroxyl groups excluding tert-OH is 1. The van der Waals surface area contributed by atoms with Crippen LogP contribution in [0.5, 0.6) is 0 Å². The molecule has 3 aromatic carbocycles. The molecule has 72 heavy (non-hydrogen) atoms. The van der Waals surface area contributed by atoms with Crippen LogP contribution in [-0.4, -0.2) is 160 Å². The Balaban J connectivity index is 0.957. The van der Waals surface area contributed by atoms with E-state index in [1.807, 2.05) is 36.4 Å². The van der Waals surface area contributed by atoms with Crippen LogP contribution in [0.15, 0.2) is 83.4 Å². The number of benzene rings is 3. The molecular formula is C52H70F3N5O11S. The van der Waals surface area contributed by atoms with Crippen LogP contribution in [0, 0.1) is 0 Å². The monoisotopic (exact) mass is 1030 g/mol. The van der Waals surface area contributed by atoms with E-state index in [0.29, 0.717) is 164 Å². The molecule has 0 saturated carbocycles. The van der Waals surface area contributed by atoms with Gasteiger partial charge in [0.25, 0.3) is 5.91 Å². The summed E-state index contributed by atoms with van der Waals surface area (Å²) in [7, 11) is 0. The standard InChI is InChI=1S/C52H70F3N5O11S/c53-52(54,55)44-9-5-6-40(35-44)38-58-50(63)43-12-14-56-48(36-43)46-37-45(60-16-2-1-3-17-60)10-11-47(46)59-51(64)42-8-4-7-41(34-42)39-72-33-13-49(62)57-15-19-65-21-23-67-25-27-69-29-31-71-32-30-70-28-26-68-24-22-66-20-18-61/h4-11,34-37,61H,1-3,12-33,38-39H2,(H,57,62)(H,58,63)(H,59,64). The average molecular weight is 1030 g/mol. The minimum Gasteiger partial charge on any atom is -0.394 e. The molecular weight excluding hydrogens is 960 g/mol. The van der Waals surface area contributed by atoms with Crippen molar-refractivity contribution in [3.05, 3.63) is 106 Å². The van der Waals surface area contributed by atoms with E-state index in [4.69, 9.17) is 43.3 Å². The van der Waals surface area contributed by atoms with Crippen LogP contribution in [0.25, 0.3) is 0 Å². The van der Waals surface area contributed by atoms with E-state index in [1.54, 1.807) is 23.9 Å². The van der Waals surface area contributed by atoms with Crippen LogP contribution in [0.4, 0.5) is 24.5 Å². The van der Waals surface area contributed by atoms with Gasteiger partial charge in [0.15, 0.2) is 0 Å². The van der Waals surface area contributed by atoms with Crippen LogP contribution >= 0.6 is 11.8 Å². The number of carbonyl (C=O) groups excluding carboxylic acids is 3. The number of carbonyl (C=O) groups is 3. The number of anilines is 2. The van der Waals surface area contributed by atoms with E-state index in [-0.39, 0.29) is 25.0 Å². The Morgan fingerprint density at radius 1 is 0.681 bits per heavy atom. The van der Waals surface area contributed by atoms with Gasteiger partial charge in [0.2, 0.25) is 11.8 Å². The summed E-state index contributed by atoms with van der Waals surface area (Å²) in [5, 5.41) is 17.3. The number of nitrogens with zero attached hydrogens (tertiary/aromatic N) is 2. The van der Waals surface area contributed by atoms with Crippen molar-refractivity contribution in [2.75, 3.05) is 141 Å². The summed E-state index contributed by atoms with van der Waals surface area (Å²) in [5.41, 5.74) is 4.09. The Hall–Kier alpha value is -4.90. The van der Waals surface area contributed by atoms with Crippen molar-refractivity contribution in [2.24, 2.45) is 4.99 Å². The molecule has 396 valence electrons. The molecule has 2 aliphatic heterocycles. The van der Waals surface area contributed by atoms with Gasteiger partial charge in [0.05, 0.1) is 116 Å². The summed E-state index contributed by atoms with van der Waals surface area (Å²) in [6, 6.07) is 18.1. The number of piperidine rings is 1. The number of ether oxygens (including phenoxy) is 7. The molecule has 1 fully saturated rings. The van der Waals surface area contributed by atoms with Gasteiger partial charge in [-0.3, -0.25) is 19.4 Å². The molecule has 0 bridgehead atoms. The second kappa shape index (κ2) is 33.8. The number of hydrogen-bond acceptors (Lipinski definition) is 14. The first-order chi connectivity index (χ1) is 35.1. The number of thioether (sulfide) groups is 1. The van der Waals surface area contributed by atoms with E-state index in [0.717, 1.165) is 55.7 Å². The number of rotatable bonds is 35. The highest BCUT2D eigenvalue weighted by molar-refractivity contribution is 7.98. The molecule has 1 saturated heterocycles. The van der Waals surface area contributed by atoms with Crippen molar-refractivity contribution >= 4 is 46.6 Å². The zero-order valence-electron chi connectivity index (χ0n) is 41.0. The van der Waals surface area contributed by atoms with Gasteiger partial charge in [-0.15, -0.1) is 0 Å². The van der Waals surface area contributed by atoms with E-state index >= 15 is 0 Å². The maximum Gasteiger partial charge on any atom is 0.416 e. The summed E-state index contributed by atoms with van der Waals surface area (Å²) < 4.78 is 77.8. The zero-order chi connectivity index (χ0) is 51.1. The lowest BCUT2D eigenvalue weighted by molar-refractivity contribution is -0.137. The molecule has 2 heterocycles. The predicted octanol–water partition coefficient (Wildman–Crippen LogP) is 6.23. The maximum absolute atomic E-state index is 13.8. The van der Waals surface area contributed by atoms with Crippen molar-refractivity contribution in [1.82, 2.24) is 10.6 Å². The van der Waals surface area contributed by atoms with Crippen LogP contribution in [-0.2, 0) is 61.2 Å². The second-order valence-corrected chi connectivity index (χ2v) is 17.8.